The average Bonchev–Trinajstić information content (AvgIpc) is 3.54. The van der Waals surface area contributed by atoms with Crippen LogP contribution in [0.4, 0.5) is 23.7 Å². The normalized spacial score (nSPS) is 15.2. The van der Waals surface area contributed by atoms with Crippen molar-refractivity contribution >= 4 is 28.6 Å². The van der Waals surface area contributed by atoms with Crippen molar-refractivity contribution in [3.63, 3.8) is 0 Å². The maximum absolute atomic E-state index is 13.2. The number of methoxy groups -OCH3 is 1. The van der Waals surface area contributed by atoms with Gasteiger partial charge >= 0.3 is 12.4 Å². The molecule has 2 amide bonds. The molecule has 1 saturated heterocycles. The number of amidine groups is 1. The number of aliphatic imine (C=N–C) groups is 1. The fourth-order valence-electron chi connectivity index (χ4n) is 5.12. The van der Waals surface area contributed by atoms with Crippen LogP contribution in [0.1, 0.15) is 56.7 Å². The summed E-state index contributed by atoms with van der Waals surface area (Å²) in [4.78, 5) is 24.2. The van der Waals surface area contributed by atoms with Crippen molar-refractivity contribution in [2.24, 2.45) is 4.99 Å². The minimum absolute atomic E-state index is 0.261. The number of carbonyl (C=O) groups excluding carboxylic acids is 1. The van der Waals surface area contributed by atoms with Crippen LogP contribution in [0.3, 0.4) is 0 Å². The van der Waals surface area contributed by atoms with Crippen molar-refractivity contribution in [2.75, 3.05) is 24.3 Å². The van der Waals surface area contributed by atoms with Gasteiger partial charge in [-0.05, 0) is 72.4 Å². The van der Waals surface area contributed by atoms with Gasteiger partial charge in [-0.3, -0.25) is 0 Å². The van der Waals surface area contributed by atoms with Gasteiger partial charge in [-0.1, -0.05) is 56.8 Å². The third kappa shape index (κ3) is 8.00. The molecule has 4 aromatic rings. The van der Waals surface area contributed by atoms with Gasteiger partial charge in [-0.15, -0.1) is 18.3 Å². The standard InChI is InChI=1S/C33H35F3N6O3S/c1-5-28(38-31(43)39-32-41(17-6-18-46-32)29-16-15-26(44-4)19-27(29)21(2)3)22-7-9-23(10-8-22)30-37-20-42(40-30)24-11-13-25(14-12-24)45-33(34,35)36/h7-16,19-21,28H,5-6,17-18H2,1-4H3,(H,38,43). The number of halogens is 3. The summed E-state index contributed by atoms with van der Waals surface area (Å²) < 4.78 is 48.2. The molecule has 3 aromatic carbocycles. The Labute approximate surface area is 269 Å². The summed E-state index contributed by atoms with van der Waals surface area (Å²) in [6, 6.07) is 18.3. The zero-order valence-electron chi connectivity index (χ0n) is 25.9. The quantitative estimate of drug-likeness (QED) is 0.195. The lowest BCUT2D eigenvalue weighted by atomic mass is 10.00. The Bertz CT molecular complexity index is 1670. The molecule has 0 bridgehead atoms. The Kier molecular flexibility index (Phi) is 10.2. The van der Waals surface area contributed by atoms with Crippen LogP contribution in [0.2, 0.25) is 0 Å². The van der Waals surface area contributed by atoms with Gasteiger partial charge in [0.1, 0.15) is 17.8 Å². The Morgan fingerprint density at radius 2 is 1.78 bits per heavy atom. The van der Waals surface area contributed by atoms with E-state index < -0.39 is 12.4 Å². The minimum Gasteiger partial charge on any atom is -0.497 e. The molecule has 1 aliphatic heterocycles. The summed E-state index contributed by atoms with van der Waals surface area (Å²) in [5, 5.41) is 8.19. The van der Waals surface area contributed by atoms with Crippen LogP contribution in [0.5, 0.6) is 11.5 Å². The highest BCUT2D eigenvalue weighted by Crippen LogP contribution is 2.35. The number of amides is 2. The number of carbonyl (C=O) groups is 1. The summed E-state index contributed by atoms with van der Waals surface area (Å²) in [5.41, 5.74) is 4.35. The van der Waals surface area contributed by atoms with E-state index in [9.17, 15) is 18.0 Å². The maximum atomic E-state index is 13.2. The van der Waals surface area contributed by atoms with Crippen LogP contribution in [0.15, 0.2) is 78.0 Å². The second-order valence-electron chi connectivity index (χ2n) is 10.9. The largest absolute Gasteiger partial charge is 0.573 e. The van der Waals surface area contributed by atoms with Gasteiger partial charge < -0.3 is 19.7 Å². The highest BCUT2D eigenvalue weighted by molar-refractivity contribution is 8.14. The third-order valence-corrected chi connectivity index (χ3v) is 8.50. The number of ether oxygens (including phenoxy) is 2. The van der Waals surface area contributed by atoms with E-state index in [1.54, 1.807) is 18.9 Å². The average molecular weight is 653 g/mol. The number of nitrogens with one attached hydrogen (secondary N) is 1. The Balaban J connectivity index is 1.27. The van der Waals surface area contributed by atoms with E-state index in [0.717, 1.165) is 46.8 Å². The van der Waals surface area contributed by atoms with Gasteiger partial charge in [0.15, 0.2) is 11.0 Å². The predicted molar refractivity (Wildman–Crippen MR) is 174 cm³/mol. The van der Waals surface area contributed by atoms with Crippen LogP contribution in [0, 0.1) is 0 Å². The molecule has 1 aliphatic rings. The first-order valence-electron chi connectivity index (χ1n) is 14.9. The molecule has 1 fully saturated rings. The van der Waals surface area contributed by atoms with Crippen LogP contribution in [0.25, 0.3) is 17.1 Å². The number of anilines is 1. The van der Waals surface area contributed by atoms with Crippen molar-refractivity contribution < 1.29 is 27.4 Å². The van der Waals surface area contributed by atoms with Crippen LogP contribution in [-0.2, 0) is 0 Å². The van der Waals surface area contributed by atoms with Crippen molar-refractivity contribution in [2.45, 2.75) is 51.9 Å². The van der Waals surface area contributed by atoms with Crippen molar-refractivity contribution in [3.8, 4) is 28.6 Å². The number of aromatic nitrogens is 3. The minimum atomic E-state index is -4.76. The number of alkyl halides is 3. The number of benzene rings is 3. The molecule has 1 unspecified atom stereocenters. The molecule has 0 aliphatic carbocycles. The first kappa shape index (κ1) is 32.9. The van der Waals surface area contributed by atoms with Gasteiger partial charge in [0.2, 0.25) is 0 Å². The molecule has 46 heavy (non-hydrogen) atoms. The molecule has 1 atom stereocenters. The lowest BCUT2D eigenvalue weighted by Crippen LogP contribution is -2.37. The fraction of sp³-hybridized carbons (Fsp3) is 0.333. The van der Waals surface area contributed by atoms with E-state index in [2.05, 4.69) is 43.9 Å². The molecule has 1 N–H and O–H groups in total. The Morgan fingerprint density at radius 3 is 2.43 bits per heavy atom. The summed E-state index contributed by atoms with van der Waals surface area (Å²) in [5.74, 6) is 2.07. The highest BCUT2D eigenvalue weighted by Gasteiger charge is 2.31. The van der Waals surface area contributed by atoms with Gasteiger partial charge in [0, 0.05) is 23.5 Å². The number of hydrogen-bond donors (Lipinski definition) is 1. The van der Waals surface area contributed by atoms with E-state index in [0.29, 0.717) is 23.1 Å². The highest BCUT2D eigenvalue weighted by atomic mass is 32.2. The van der Waals surface area contributed by atoms with Gasteiger partial charge in [0.05, 0.1) is 18.8 Å². The predicted octanol–water partition coefficient (Wildman–Crippen LogP) is 8.13. The molecular weight excluding hydrogens is 617 g/mol. The van der Waals surface area contributed by atoms with E-state index in [4.69, 9.17) is 4.74 Å². The molecule has 1 aromatic heterocycles. The van der Waals surface area contributed by atoms with Crippen LogP contribution < -0.4 is 19.7 Å². The van der Waals surface area contributed by atoms with E-state index in [-0.39, 0.29) is 17.7 Å². The molecule has 9 nitrogen and oxygen atoms in total. The van der Waals surface area contributed by atoms with E-state index in [1.165, 1.54) is 35.3 Å². The summed E-state index contributed by atoms with van der Waals surface area (Å²) in [6.07, 6.45) is -1.63. The molecule has 13 heteroatoms. The molecule has 0 saturated carbocycles. The zero-order chi connectivity index (χ0) is 32.8. The van der Waals surface area contributed by atoms with Gasteiger partial charge in [-0.25, -0.2) is 14.5 Å². The molecule has 0 radical (unpaired) electrons. The smallest absolute Gasteiger partial charge is 0.497 e. The molecule has 0 spiro atoms. The van der Waals surface area contributed by atoms with Crippen LogP contribution in [-0.4, -0.2) is 51.7 Å². The second kappa shape index (κ2) is 14.3. The lowest BCUT2D eigenvalue weighted by Gasteiger charge is -2.32. The summed E-state index contributed by atoms with van der Waals surface area (Å²) in [7, 11) is 1.65. The molecule has 5 rings (SSSR count). The van der Waals surface area contributed by atoms with E-state index in [1.807, 2.05) is 49.4 Å². The number of nitrogens with zero attached hydrogens (tertiary/aromatic N) is 5. The lowest BCUT2D eigenvalue weighted by molar-refractivity contribution is -0.274. The number of hydrogen-bond acceptors (Lipinski definition) is 6. The maximum Gasteiger partial charge on any atom is 0.573 e. The van der Waals surface area contributed by atoms with Crippen molar-refractivity contribution in [3.05, 3.63) is 84.2 Å². The molecule has 242 valence electrons. The number of thioether (sulfide) groups is 1. The SMILES string of the molecule is CCC(NC(=O)N=C1SCCCN1c1ccc(OC)cc1C(C)C)c1ccc(-c2ncn(-c3ccc(OC(F)(F)F)cc3)n2)cc1. The first-order chi connectivity index (χ1) is 22.0. The Hall–Kier alpha value is -4.52. The second-order valence-corrected chi connectivity index (χ2v) is 12.0. The summed E-state index contributed by atoms with van der Waals surface area (Å²) in [6.45, 7) is 7.03. The molecular formula is C33H35F3N6O3S. The number of rotatable bonds is 9. The van der Waals surface area contributed by atoms with Crippen LogP contribution >= 0.6 is 11.8 Å². The summed E-state index contributed by atoms with van der Waals surface area (Å²) >= 11 is 1.57. The monoisotopic (exact) mass is 652 g/mol. The zero-order valence-corrected chi connectivity index (χ0v) is 26.7. The topological polar surface area (TPSA) is 93.9 Å². The fourth-order valence-corrected chi connectivity index (χ4v) is 6.07. The van der Waals surface area contributed by atoms with Crippen molar-refractivity contribution in [1.29, 1.82) is 0 Å². The first-order valence-corrected chi connectivity index (χ1v) is 15.9. The molecule has 2 heterocycles. The number of urea groups is 1. The van der Waals surface area contributed by atoms with Crippen molar-refractivity contribution in [1.82, 2.24) is 20.1 Å². The van der Waals surface area contributed by atoms with Gasteiger partial charge in [0.25, 0.3) is 0 Å². The third-order valence-electron chi connectivity index (χ3n) is 7.44. The van der Waals surface area contributed by atoms with Gasteiger partial charge in [-0.2, -0.15) is 4.99 Å². The Morgan fingerprint density at radius 1 is 1.07 bits per heavy atom. The van der Waals surface area contributed by atoms with E-state index >= 15 is 0 Å².